The van der Waals surface area contributed by atoms with Crippen LogP contribution in [0.1, 0.15) is 16.1 Å². The largest absolute Gasteiger partial charge is 0.383 e. The summed E-state index contributed by atoms with van der Waals surface area (Å²) in [6, 6.07) is 4.71. The van der Waals surface area contributed by atoms with Crippen molar-refractivity contribution in [2.24, 2.45) is 0 Å². The van der Waals surface area contributed by atoms with Gasteiger partial charge in [-0.1, -0.05) is 6.07 Å². The van der Waals surface area contributed by atoms with Gasteiger partial charge in [0.05, 0.1) is 12.2 Å². The summed E-state index contributed by atoms with van der Waals surface area (Å²) >= 11 is 0. The van der Waals surface area contributed by atoms with Gasteiger partial charge in [0.2, 0.25) is 0 Å². The van der Waals surface area contributed by atoms with E-state index in [0.717, 1.165) is 0 Å². The normalized spacial score (nSPS) is 10.8. The fourth-order valence-electron chi connectivity index (χ4n) is 1.97. The Hall–Kier alpha value is -1.88. The van der Waals surface area contributed by atoms with Crippen LogP contribution in [0, 0.1) is 12.7 Å². The van der Waals surface area contributed by atoms with Crippen LogP contribution in [0.5, 0.6) is 0 Å². The van der Waals surface area contributed by atoms with Crippen LogP contribution in [0.3, 0.4) is 0 Å². The summed E-state index contributed by atoms with van der Waals surface area (Å²) in [6.45, 7) is 2.58. The maximum Gasteiger partial charge on any atom is 0.253 e. The number of hydrogen-bond acceptors (Lipinski definition) is 2. The molecule has 18 heavy (non-hydrogen) atoms. The molecule has 1 aromatic heterocycles. The number of carbonyl (C=O) groups is 1. The molecule has 2 rings (SSSR count). The molecule has 0 atom stereocenters. The van der Waals surface area contributed by atoms with Crippen molar-refractivity contribution in [2.75, 3.05) is 20.3 Å². The number of halogens is 1. The van der Waals surface area contributed by atoms with Gasteiger partial charge in [-0.2, -0.15) is 0 Å². The molecule has 0 fully saturated rings. The number of H-pyrrole nitrogens is 1. The number of rotatable bonds is 4. The third-order valence-electron chi connectivity index (χ3n) is 2.78. The predicted molar refractivity (Wildman–Crippen MR) is 67.2 cm³/mol. The minimum Gasteiger partial charge on any atom is -0.383 e. The van der Waals surface area contributed by atoms with Crippen LogP contribution < -0.4 is 5.32 Å². The number of methoxy groups -OCH3 is 1. The first-order chi connectivity index (χ1) is 8.65. The number of benzene rings is 1. The first-order valence-electron chi connectivity index (χ1n) is 5.69. The van der Waals surface area contributed by atoms with Crippen LogP contribution in [0.15, 0.2) is 18.2 Å². The van der Waals surface area contributed by atoms with Gasteiger partial charge < -0.3 is 15.0 Å². The van der Waals surface area contributed by atoms with Crippen molar-refractivity contribution in [3.8, 4) is 0 Å². The average molecular weight is 250 g/mol. The highest BCUT2D eigenvalue weighted by Gasteiger charge is 2.18. The first kappa shape index (κ1) is 12.6. The van der Waals surface area contributed by atoms with Crippen LogP contribution in [-0.2, 0) is 4.74 Å². The highest BCUT2D eigenvalue weighted by atomic mass is 19.1. The van der Waals surface area contributed by atoms with Gasteiger partial charge in [-0.25, -0.2) is 4.39 Å². The number of nitrogens with one attached hydrogen (secondary N) is 2. The van der Waals surface area contributed by atoms with Gasteiger partial charge in [-0.15, -0.1) is 0 Å². The van der Waals surface area contributed by atoms with Gasteiger partial charge in [0.15, 0.2) is 0 Å². The Balaban J connectivity index is 2.37. The van der Waals surface area contributed by atoms with Crippen LogP contribution in [0.25, 0.3) is 10.9 Å². The Morgan fingerprint density at radius 1 is 1.50 bits per heavy atom. The highest BCUT2D eigenvalue weighted by Crippen LogP contribution is 2.24. The van der Waals surface area contributed by atoms with E-state index in [4.69, 9.17) is 4.74 Å². The highest BCUT2D eigenvalue weighted by molar-refractivity contribution is 6.08. The summed E-state index contributed by atoms with van der Waals surface area (Å²) in [5.74, 6) is -0.686. The monoisotopic (exact) mass is 250 g/mol. The zero-order valence-corrected chi connectivity index (χ0v) is 10.3. The van der Waals surface area contributed by atoms with Crippen molar-refractivity contribution in [1.29, 1.82) is 0 Å². The maximum atomic E-state index is 13.8. The molecule has 1 heterocycles. The van der Waals surface area contributed by atoms with E-state index in [0.29, 0.717) is 35.3 Å². The molecule has 0 saturated carbocycles. The lowest BCUT2D eigenvalue weighted by atomic mass is 10.1. The lowest BCUT2D eigenvalue weighted by Crippen LogP contribution is -2.27. The second-order valence-electron chi connectivity index (χ2n) is 4.04. The maximum absolute atomic E-state index is 13.8. The van der Waals surface area contributed by atoms with Gasteiger partial charge >= 0.3 is 0 Å². The molecule has 0 aliphatic rings. The average Bonchev–Trinajstić information content (AvgIpc) is 2.67. The van der Waals surface area contributed by atoms with E-state index in [2.05, 4.69) is 10.3 Å². The summed E-state index contributed by atoms with van der Waals surface area (Å²) in [5, 5.41) is 3.03. The molecule has 0 saturated heterocycles. The second kappa shape index (κ2) is 5.18. The first-order valence-corrected chi connectivity index (χ1v) is 5.69. The van der Waals surface area contributed by atoms with Crippen molar-refractivity contribution in [1.82, 2.24) is 10.3 Å². The molecule has 0 spiro atoms. The Bertz CT molecular complexity index is 578. The molecule has 96 valence electrons. The van der Waals surface area contributed by atoms with Crippen molar-refractivity contribution >= 4 is 16.8 Å². The van der Waals surface area contributed by atoms with Crippen molar-refractivity contribution in [3.05, 3.63) is 35.3 Å². The number of aromatic amines is 1. The number of amides is 1. The minimum atomic E-state index is -0.395. The molecular formula is C13H15FN2O2. The zero-order valence-electron chi connectivity index (χ0n) is 10.3. The van der Waals surface area contributed by atoms with Crippen LogP contribution in [0.2, 0.25) is 0 Å². The van der Waals surface area contributed by atoms with E-state index in [-0.39, 0.29) is 5.91 Å². The number of ether oxygens (including phenoxy) is 1. The molecular weight excluding hydrogens is 235 g/mol. The lowest BCUT2D eigenvalue weighted by Gasteiger charge is -2.04. The Labute approximate surface area is 104 Å². The van der Waals surface area contributed by atoms with E-state index in [9.17, 15) is 9.18 Å². The molecule has 5 heteroatoms. The number of aromatic nitrogens is 1. The Morgan fingerprint density at radius 2 is 2.28 bits per heavy atom. The molecule has 0 bridgehead atoms. The third kappa shape index (κ3) is 2.22. The summed E-state index contributed by atoms with van der Waals surface area (Å²) in [6.07, 6.45) is 0. The molecule has 0 aliphatic heterocycles. The molecule has 2 N–H and O–H groups in total. The van der Waals surface area contributed by atoms with Crippen LogP contribution in [-0.4, -0.2) is 31.2 Å². The topological polar surface area (TPSA) is 54.1 Å². The standard InChI is InChI=1S/C13H15FN2O2/c1-8-11(13(17)15-6-7-18-2)12-9(14)4-3-5-10(12)16-8/h3-5,16H,6-7H2,1-2H3,(H,15,17). The number of fused-ring (bicyclic) bond motifs is 1. The quantitative estimate of drug-likeness (QED) is 0.815. The summed E-state index contributed by atoms with van der Waals surface area (Å²) in [5.41, 5.74) is 1.65. The summed E-state index contributed by atoms with van der Waals surface area (Å²) in [4.78, 5) is 15.0. The summed E-state index contributed by atoms with van der Waals surface area (Å²) < 4.78 is 18.6. The van der Waals surface area contributed by atoms with E-state index >= 15 is 0 Å². The molecule has 0 unspecified atom stereocenters. The van der Waals surface area contributed by atoms with Gasteiger partial charge in [-0.3, -0.25) is 4.79 Å². The predicted octanol–water partition coefficient (Wildman–Crippen LogP) is 1.99. The van der Waals surface area contributed by atoms with Gasteiger partial charge in [-0.05, 0) is 19.1 Å². The van der Waals surface area contributed by atoms with E-state index in [1.54, 1.807) is 26.2 Å². The lowest BCUT2D eigenvalue weighted by molar-refractivity contribution is 0.0938. The van der Waals surface area contributed by atoms with Gasteiger partial charge in [0.1, 0.15) is 5.82 Å². The Kier molecular flexibility index (Phi) is 3.62. The van der Waals surface area contributed by atoms with E-state index in [1.165, 1.54) is 6.07 Å². The van der Waals surface area contributed by atoms with Gasteiger partial charge in [0.25, 0.3) is 5.91 Å². The molecule has 0 aliphatic carbocycles. The fraction of sp³-hybridized carbons (Fsp3) is 0.308. The molecule has 0 radical (unpaired) electrons. The molecule has 1 amide bonds. The fourth-order valence-corrected chi connectivity index (χ4v) is 1.97. The molecule has 1 aromatic carbocycles. The molecule has 4 nitrogen and oxygen atoms in total. The Morgan fingerprint density at radius 3 is 3.00 bits per heavy atom. The van der Waals surface area contributed by atoms with E-state index in [1.807, 2.05) is 0 Å². The molecule has 2 aromatic rings. The number of carbonyl (C=O) groups excluding carboxylic acids is 1. The van der Waals surface area contributed by atoms with E-state index < -0.39 is 5.82 Å². The minimum absolute atomic E-state index is 0.291. The van der Waals surface area contributed by atoms with Crippen LogP contribution in [0.4, 0.5) is 4.39 Å². The van der Waals surface area contributed by atoms with Crippen molar-refractivity contribution < 1.29 is 13.9 Å². The van der Waals surface area contributed by atoms with Crippen LogP contribution >= 0.6 is 0 Å². The summed E-state index contributed by atoms with van der Waals surface area (Å²) in [7, 11) is 1.56. The van der Waals surface area contributed by atoms with Crippen molar-refractivity contribution in [2.45, 2.75) is 6.92 Å². The number of aryl methyl sites for hydroxylation is 1. The number of hydrogen-bond donors (Lipinski definition) is 2. The second-order valence-corrected chi connectivity index (χ2v) is 4.04. The third-order valence-corrected chi connectivity index (χ3v) is 2.78. The SMILES string of the molecule is COCCNC(=O)c1c(C)[nH]c2cccc(F)c12. The smallest absolute Gasteiger partial charge is 0.253 e. The van der Waals surface area contributed by atoms with Crippen molar-refractivity contribution in [3.63, 3.8) is 0 Å². The zero-order chi connectivity index (χ0) is 13.1. The van der Waals surface area contributed by atoms with Gasteiger partial charge in [0, 0.05) is 30.3 Å².